The standard InChI is InChI=1S/C12H13NO2/c1-15-12(14)11(13)9-5-8-10-6-3-2-4-7-10/h2-4,6-7,11H,9,13H2,1H3. The first-order valence-corrected chi connectivity index (χ1v) is 4.61. The van der Waals surface area contributed by atoms with Crippen LogP contribution in [0.15, 0.2) is 30.3 Å². The Balaban J connectivity index is 2.50. The molecule has 1 atom stereocenters. The van der Waals surface area contributed by atoms with Crippen molar-refractivity contribution in [2.75, 3.05) is 7.11 Å². The van der Waals surface area contributed by atoms with E-state index in [-0.39, 0.29) is 0 Å². The topological polar surface area (TPSA) is 52.3 Å². The fraction of sp³-hybridized carbons (Fsp3) is 0.250. The smallest absolute Gasteiger partial charge is 0.323 e. The monoisotopic (exact) mass is 203 g/mol. The Labute approximate surface area is 89.2 Å². The number of ether oxygens (including phenoxy) is 1. The van der Waals surface area contributed by atoms with Crippen LogP contribution in [0.1, 0.15) is 12.0 Å². The van der Waals surface area contributed by atoms with Gasteiger partial charge in [0.25, 0.3) is 0 Å². The van der Waals surface area contributed by atoms with Gasteiger partial charge >= 0.3 is 5.97 Å². The first-order chi connectivity index (χ1) is 7.24. The van der Waals surface area contributed by atoms with Gasteiger partial charge in [0.15, 0.2) is 0 Å². The highest BCUT2D eigenvalue weighted by molar-refractivity contribution is 5.75. The van der Waals surface area contributed by atoms with Gasteiger partial charge < -0.3 is 10.5 Å². The largest absolute Gasteiger partial charge is 0.468 e. The van der Waals surface area contributed by atoms with Crippen molar-refractivity contribution in [3.8, 4) is 11.8 Å². The molecule has 0 aliphatic carbocycles. The summed E-state index contributed by atoms with van der Waals surface area (Å²) in [6.45, 7) is 0. The van der Waals surface area contributed by atoms with Gasteiger partial charge in [-0.05, 0) is 12.1 Å². The van der Waals surface area contributed by atoms with E-state index in [0.717, 1.165) is 5.56 Å². The average Bonchev–Trinajstić information content (AvgIpc) is 2.29. The highest BCUT2D eigenvalue weighted by Crippen LogP contribution is 1.96. The SMILES string of the molecule is COC(=O)C(N)CC#Cc1ccccc1. The maximum atomic E-state index is 10.9. The second kappa shape index (κ2) is 5.84. The highest BCUT2D eigenvalue weighted by atomic mass is 16.5. The van der Waals surface area contributed by atoms with E-state index in [2.05, 4.69) is 16.6 Å². The van der Waals surface area contributed by atoms with Gasteiger partial charge in [-0.1, -0.05) is 30.0 Å². The van der Waals surface area contributed by atoms with Crippen LogP contribution in [0.5, 0.6) is 0 Å². The molecule has 0 heterocycles. The van der Waals surface area contributed by atoms with Gasteiger partial charge in [-0.3, -0.25) is 4.79 Å². The Hall–Kier alpha value is -1.79. The van der Waals surface area contributed by atoms with Crippen LogP contribution in [0.4, 0.5) is 0 Å². The number of methoxy groups -OCH3 is 1. The molecule has 0 fully saturated rings. The van der Waals surface area contributed by atoms with Crippen LogP contribution in [0.2, 0.25) is 0 Å². The van der Waals surface area contributed by atoms with Gasteiger partial charge in [-0.15, -0.1) is 0 Å². The predicted octanol–water partition coefficient (Wildman–Crippen LogP) is 0.928. The van der Waals surface area contributed by atoms with Gasteiger partial charge in [0.1, 0.15) is 6.04 Å². The summed E-state index contributed by atoms with van der Waals surface area (Å²) < 4.78 is 4.48. The molecule has 0 bridgehead atoms. The number of nitrogens with two attached hydrogens (primary N) is 1. The zero-order valence-electron chi connectivity index (χ0n) is 8.57. The molecule has 0 saturated carbocycles. The third-order valence-electron chi connectivity index (χ3n) is 1.83. The van der Waals surface area contributed by atoms with Crippen LogP contribution >= 0.6 is 0 Å². The third kappa shape index (κ3) is 3.84. The number of benzene rings is 1. The van der Waals surface area contributed by atoms with Gasteiger partial charge in [0.05, 0.1) is 7.11 Å². The second-order valence-corrected chi connectivity index (χ2v) is 3.00. The lowest BCUT2D eigenvalue weighted by Crippen LogP contribution is -2.30. The molecule has 0 aliphatic rings. The van der Waals surface area contributed by atoms with Crippen molar-refractivity contribution in [1.29, 1.82) is 0 Å². The number of esters is 1. The summed E-state index contributed by atoms with van der Waals surface area (Å²) in [4.78, 5) is 10.9. The minimum absolute atomic E-state index is 0.307. The number of carbonyl (C=O) groups is 1. The lowest BCUT2D eigenvalue weighted by molar-refractivity contribution is -0.142. The van der Waals surface area contributed by atoms with E-state index < -0.39 is 12.0 Å². The van der Waals surface area contributed by atoms with E-state index in [9.17, 15) is 4.79 Å². The summed E-state index contributed by atoms with van der Waals surface area (Å²) in [5.74, 6) is 5.32. The molecule has 0 radical (unpaired) electrons. The summed E-state index contributed by atoms with van der Waals surface area (Å²) in [6.07, 6.45) is 0.307. The van der Waals surface area contributed by atoms with Crippen molar-refractivity contribution in [2.45, 2.75) is 12.5 Å². The Morgan fingerprint density at radius 3 is 2.73 bits per heavy atom. The zero-order valence-corrected chi connectivity index (χ0v) is 8.57. The molecule has 3 heteroatoms. The summed E-state index contributed by atoms with van der Waals surface area (Å²) in [5, 5.41) is 0. The van der Waals surface area contributed by atoms with Crippen molar-refractivity contribution >= 4 is 5.97 Å². The second-order valence-electron chi connectivity index (χ2n) is 3.00. The molecular weight excluding hydrogens is 190 g/mol. The molecule has 1 aromatic rings. The summed E-state index contributed by atoms with van der Waals surface area (Å²) in [5.41, 5.74) is 6.43. The summed E-state index contributed by atoms with van der Waals surface area (Å²) in [7, 11) is 1.31. The van der Waals surface area contributed by atoms with Crippen molar-refractivity contribution in [3.05, 3.63) is 35.9 Å². The van der Waals surface area contributed by atoms with E-state index >= 15 is 0 Å². The molecule has 0 aliphatic heterocycles. The van der Waals surface area contributed by atoms with Crippen molar-refractivity contribution in [2.24, 2.45) is 5.73 Å². The molecule has 2 N–H and O–H groups in total. The molecule has 1 rings (SSSR count). The predicted molar refractivity (Wildman–Crippen MR) is 57.9 cm³/mol. The first-order valence-electron chi connectivity index (χ1n) is 4.61. The van der Waals surface area contributed by atoms with Gasteiger partial charge in [0.2, 0.25) is 0 Å². The number of carbonyl (C=O) groups excluding carboxylic acids is 1. The Kier molecular flexibility index (Phi) is 4.39. The Bertz CT molecular complexity index is 376. The Morgan fingerprint density at radius 1 is 1.47 bits per heavy atom. The molecule has 3 nitrogen and oxygen atoms in total. The van der Waals surface area contributed by atoms with Crippen LogP contribution in [0.25, 0.3) is 0 Å². The van der Waals surface area contributed by atoms with Gasteiger partial charge in [-0.2, -0.15) is 0 Å². The van der Waals surface area contributed by atoms with E-state index in [1.807, 2.05) is 30.3 Å². The third-order valence-corrected chi connectivity index (χ3v) is 1.83. The van der Waals surface area contributed by atoms with Crippen LogP contribution < -0.4 is 5.73 Å². The normalized spacial score (nSPS) is 11.1. The van der Waals surface area contributed by atoms with Gasteiger partial charge in [-0.25, -0.2) is 0 Å². The molecule has 0 amide bonds. The zero-order chi connectivity index (χ0) is 11.1. The molecular formula is C12H13NO2. The van der Waals surface area contributed by atoms with E-state index in [4.69, 9.17) is 5.73 Å². The van der Waals surface area contributed by atoms with Crippen LogP contribution in [0, 0.1) is 11.8 Å². The number of hydrogen-bond acceptors (Lipinski definition) is 3. The minimum atomic E-state index is -0.661. The van der Waals surface area contributed by atoms with E-state index in [1.54, 1.807) is 0 Å². The van der Waals surface area contributed by atoms with Crippen LogP contribution in [0.3, 0.4) is 0 Å². The summed E-state index contributed by atoms with van der Waals surface area (Å²) in [6, 6.07) is 8.87. The van der Waals surface area contributed by atoms with Crippen LogP contribution in [-0.2, 0) is 9.53 Å². The number of hydrogen-bond donors (Lipinski definition) is 1. The van der Waals surface area contributed by atoms with E-state index in [0.29, 0.717) is 6.42 Å². The van der Waals surface area contributed by atoms with Crippen LogP contribution in [-0.4, -0.2) is 19.1 Å². The maximum Gasteiger partial charge on any atom is 0.323 e. The van der Waals surface area contributed by atoms with E-state index in [1.165, 1.54) is 7.11 Å². The Morgan fingerprint density at radius 2 is 2.13 bits per heavy atom. The van der Waals surface area contributed by atoms with Crippen molar-refractivity contribution in [3.63, 3.8) is 0 Å². The summed E-state index contributed by atoms with van der Waals surface area (Å²) >= 11 is 0. The lowest BCUT2D eigenvalue weighted by Gasteiger charge is -2.03. The molecule has 78 valence electrons. The van der Waals surface area contributed by atoms with Gasteiger partial charge in [0, 0.05) is 12.0 Å². The molecule has 0 spiro atoms. The molecule has 0 aromatic heterocycles. The average molecular weight is 203 g/mol. The molecule has 1 aromatic carbocycles. The molecule has 1 unspecified atom stereocenters. The quantitative estimate of drug-likeness (QED) is 0.574. The highest BCUT2D eigenvalue weighted by Gasteiger charge is 2.10. The molecule has 0 saturated heterocycles. The maximum absolute atomic E-state index is 10.9. The van der Waals surface area contributed by atoms with Crippen molar-refractivity contribution in [1.82, 2.24) is 0 Å². The van der Waals surface area contributed by atoms with Crippen molar-refractivity contribution < 1.29 is 9.53 Å². The fourth-order valence-electron chi connectivity index (χ4n) is 1.02. The lowest BCUT2D eigenvalue weighted by atomic mass is 10.2. The number of rotatable bonds is 2. The first kappa shape index (κ1) is 11.3. The minimum Gasteiger partial charge on any atom is -0.468 e. The fourth-order valence-corrected chi connectivity index (χ4v) is 1.02. The molecule has 15 heavy (non-hydrogen) atoms.